The van der Waals surface area contributed by atoms with E-state index in [1.54, 1.807) is 0 Å². The minimum absolute atomic E-state index is 0.161. The molecule has 2 aromatic carbocycles. The molecule has 5 heterocycles. The SMILES string of the molecule is Cc1cc2[n+](cc1-c1ccccn1)C1c3ccccc3-c3cccc[n+]3C1c1ccccc1-2. The highest BCUT2D eigenvalue weighted by molar-refractivity contribution is 5.71. The number of benzene rings is 2. The summed E-state index contributed by atoms with van der Waals surface area (Å²) in [5.74, 6) is 0. The van der Waals surface area contributed by atoms with Gasteiger partial charge in [-0.15, -0.1) is 0 Å². The quantitative estimate of drug-likeness (QED) is 0.326. The van der Waals surface area contributed by atoms with Crippen molar-refractivity contribution in [3.05, 3.63) is 126 Å². The molecule has 0 saturated heterocycles. The van der Waals surface area contributed by atoms with Crippen molar-refractivity contribution < 1.29 is 9.13 Å². The normalized spacial score (nSPS) is 17.2. The molecule has 0 aliphatic carbocycles. The van der Waals surface area contributed by atoms with Crippen LogP contribution in [0.4, 0.5) is 0 Å². The number of hydrogen-bond acceptors (Lipinski definition) is 1. The van der Waals surface area contributed by atoms with Gasteiger partial charge in [0.25, 0.3) is 6.04 Å². The first kappa shape index (κ1) is 18.5. The minimum atomic E-state index is 0.161. The Morgan fingerprint density at radius 3 is 2.06 bits per heavy atom. The van der Waals surface area contributed by atoms with Crippen LogP contribution in [0.5, 0.6) is 0 Å². The van der Waals surface area contributed by atoms with Crippen molar-refractivity contribution in [3.63, 3.8) is 0 Å². The zero-order valence-electron chi connectivity index (χ0n) is 18.4. The summed E-state index contributed by atoms with van der Waals surface area (Å²) < 4.78 is 4.95. The van der Waals surface area contributed by atoms with E-state index in [0.717, 1.165) is 5.69 Å². The molecule has 0 spiro atoms. The lowest BCUT2D eigenvalue weighted by molar-refractivity contribution is -0.799. The van der Waals surface area contributed by atoms with Crippen molar-refractivity contribution in [2.24, 2.45) is 0 Å². The van der Waals surface area contributed by atoms with Gasteiger partial charge in [0.05, 0.1) is 22.4 Å². The second-order valence-corrected chi connectivity index (χ2v) is 8.93. The van der Waals surface area contributed by atoms with E-state index in [2.05, 4.69) is 118 Å². The van der Waals surface area contributed by atoms with Gasteiger partial charge in [-0.05, 0) is 42.8 Å². The van der Waals surface area contributed by atoms with E-state index in [4.69, 9.17) is 0 Å². The Balaban J connectivity index is 1.59. The standard InChI is InChI=1S/C30H23N3/c1-20-18-28-22-11-3-5-13-24(22)29-30(33(28)19-25(20)26-14-6-8-16-31-26)23-12-4-2-10-21(23)27-15-7-9-17-32(27)29/h2-19,29-30H,1H3/q+2. The van der Waals surface area contributed by atoms with Crippen LogP contribution in [-0.2, 0) is 0 Å². The molecule has 3 aromatic heterocycles. The Bertz CT molecular complexity index is 1540. The van der Waals surface area contributed by atoms with Gasteiger partial charge in [-0.3, -0.25) is 4.98 Å². The Kier molecular flexibility index (Phi) is 3.88. The minimum Gasteiger partial charge on any atom is -0.256 e. The van der Waals surface area contributed by atoms with Crippen LogP contribution < -0.4 is 9.13 Å². The number of pyridine rings is 3. The van der Waals surface area contributed by atoms with Crippen LogP contribution in [0.25, 0.3) is 33.8 Å². The van der Waals surface area contributed by atoms with E-state index in [0.29, 0.717) is 0 Å². The molecular weight excluding hydrogens is 402 g/mol. The smallest absolute Gasteiger partial charge is 0.250 e. The Hall–Kier alpha value is -4.11. The summed E-state index contributed by atoms with van der Waals surface area (Å²) in [7, 11) is 0. The van der Waals surface area contributed by atoms with Crippen LogP contribution in [0.15, 0.2) is 110 Å². The maximum atomic E-state index is 4.67. The Labute approximate surface area is 193 Å². The topological polar surface area (TPSA) is 20.6 Å². The highest BCUT2D eigenvalue weighted by Gasteiger charge is 2.52. The number of fused-ring (bicyclic) bond motifs is 11. The van der Waals surface area contributed by atoms with Crippen LogP contribution in [-0.4, -0.2) is 4.98 Å². The zero-order chi connectivity index (χ0) is 21.9. The average Bonchev–Trinajstić information content (AvgIpc) is 2.88. The van der Waals surface area contributed by atoms with Gasteiger partial charge in [-0.2, -0.15) is 9.13 Å². The van der Waals surface area contributed by atoms with Crippen molar-refractivity contribution in [2.45, 2.75) is 19.0 Å². The predicted octanol–water partition coefficient (Wildman–Crippen LogP) is 5.47. The molecule has 0 saturated carbocycles. The highest BCUT2D eigenvalue weighted by atomic mass is 15.1. The predicted molar refractivity (Wildman–Crippen MR) is 128 cm³/mol. The third-order valence-electron chi connectivity index (χ3n) is 7.16. The number of aryl methyl sites for hydroxylation is 1. The first-order chi connectivity index (χ1) is 16.3. The number of hydrogen-bond donors (Lipinski definition) is 0. The zero-order valence-corrected chi connectivity index (χ0v) is 18.4. The van der Waals surface area contributed by atoms with Crippen molar-refractivity contribution in [1.29, 1.82) is 0 Å². The molecule has 5 aromatic rings. The van der Waals surface area contributed by atoms with E-state index in [1.807, 2.05) is 12.3 Å². The molecular formula is C30H23N3+2. The third-order valence-corrected chi connectivity index (χ3v) is 7.16. The molecule has 0 N–H and O–H groups in total. The van der Waals surface area contributed by atoms with E-state index in [9.17, 15) is 0 Å². The van der Waals surface area contributed by atoms with Gasteiger partial charge in [0.1, 0.15) is 0 Å². The van der Waals surface area contributed by atoms with Gasteiger partial charge in [0, 0.05) is 35.5 Å². The fourth-order valence-electron chi connectivity index (χ4n) is 5.75. The van der Waals surface area contributed by atoms with E-state index in [-0.39, 0.29) is 12.1 Å². The van der Waals surface area contributed by atoms with Crippen LogP contribution in [0.3, 0.4) is 0 Å². The van der Waals surface area contributed by atoms with E-state index >= 15 is 0 Å². The molecule has 33 heavy (non-hydrogen) atoms. The molecule has 2 atom stereocenters. The number of aromatic nitrogens is 3. The van der Waals surface area contributed by atoms with Crippen LogP contribution in [0.2, 0.25) is 0 Å². The summed E-state index contributed by atoms with van der Waals surface area (Å²) in [6.45, 7) is 2.19. The van der Waals surface area contributed by atoms with Crippen molar-refractivity contribution in [1.82, 2.24) is 4.98 Å². The molecule has 2 unspecified atom stereocenters. The van der Waals surface area contributed by atoms with Gasteiger partial charge in [-0.25, -0.2) is 0 Å². The number of nitrogens with zero attached hydrogens (tertiary/aromatic N) is 3. The summed E-state index contributed by atoms with van der Waals surface area (Å²) in [4.78, 5) is 4.67. The average molecular weight is 426 g/mol. The lowest BCUT2D eigenvalue weighted by Crippen LogP contribution is -2.59. The monoisotopic (exact) mass is 425 g/mol. The van der Waals surface area contributed by atoms with Crippen molar-refractivity contribution in [2.75, 3.05) is 0 Å². The van der Waals surface area contributed by atoms with Gasteiger partial charge >= 0.3 is 0 Å². The molecule has 0 radical (unpaired) electrons. The number of rotatable bonds is 1. The van der Waals surface area contributed by atoms with Gasteiger partial charge in [0.2, 0.25) is 17.4 Å². The molecule has 2 aliphatic heterocycles. The fraction of sp³-hybridized carbons (Fsp3) is 0.100. The summed E-state index contributed by atoms with van der Waals surface area (Å²) >= 11 is 0. The molecule has 3 heteroatoms. The van der Waals surface area contributed by atoms with Gasteiger partial charge in [0.15, 0.2) is 12.4 Å². The summed E-state index contributed by atoms with van der Waals surface area (Å²) in [5, 5.41) is 0. The molecule has 3 nitrogen and oxygen atoms in total. The van der Waals surface area contributed by atoms with Crippen molar-refractivity contribution >= 4 is 0 Å². The van der Waals surface area contributed by atoms with E-state index < -0.39 is 0 Å². The maximum absolute atomic E-state index is 4.67. The molecule has 0 bridgehead atoms. The lowest BCUT2D eigenvalue weighted by atomic mass is 9.79. The van der Waals surface area contributed by atoms with Crippen LogP contribution >= 0.6 is 0 Å². The Morgan fingerprint density at radius 1 is 0.636 bits per heavy atom. The second kappa shape index (κ2) is 6.94. The van der Waals surface area contributed by atoms with Crippen LogP contribution in [0, 0.1) is 6.92 Å². The van der Waals surface area contributed by atoms with Gasteiger partial charge < -0.3 is 0 Å². The summed E-state index contributed by atoms with van der Waals surface area (Å²) in [5.41, 5.74) is 11.3. The van der Waals surface area contributed by atoms with Gasteiger partial charge in [-0.1, -0.05) is 42.5 Å². The van der Waals surface area contributed by atoms with Crippen molar-refractivity contribution in [3.8, 4) is 33.8 Å². The maximum Gasteiger partial charge on any atom is 0.250 e. The third kappa shape index (κ3) is 2.59. The Morgan fingerprint density at radius 2 is 1.30 bits per heavy atom. The van der Waals surface area contributed by atoms with E-state index in [1.165, 1.54) is 44.8 Å². The summed E-state index contributed by atoms with van der Waals surface area (Å²) in [6, 6.07) is 33.1. The fourth-order valence-corrected chi connectivity index (χ4v) is 5.75. The van der Waals surface area contributed by atoms with Crippen LogP contribution in [0.1, 0.15) is 28.8 Å². The second-order valence-electron chi connectivity index (χ2n) is 8.93. The lowest BCUT2D eigenvalue weighted by Gasteiger charge is -2.32. The molecule has 0 fully saturated rings. The molecule has 2 aliphatic rings. The first-order valence-corrected chi connectivity index (χ1v) is 11.5. The molecule has 7 rings (SSSR count). The largest absolute Gasteiger partial charge is 0.256 e. The molecule has 156 valence electrons. The molecule has 0 amide bonds. The highest BCUT2D eigenvalue weighted by Crippen LogP contribution is 2.45. The first-order valence-electron chi connectivity index (χ1n) is 11.5. The summed E-state index contributed by atoms with van der Waals surface area (Å²) in [6.07, 6.45) is 6.43.